The molecule has 102 valence electrons. The zero-order valence-corrected chi connectivity index (χ0v) is 11.9. The van der Waals surface area contributed by atoms with E-state index in [0.717, 1.165) is 16.8 Å². The van der Waals surface area contributed by atoms with Crippen LogP contribution in [0.3, 0.4) is 0 Å². The molecule has 3 rings (SSSR count). The molecule has 2 unspecified atom stereocenters. The molecule has 0 bridgehead atoms. The number of rotatable bonds is 1. The van der Waals surface area contributed by atoms with Crippen LogP contribution in [-0.4, -0.2) is 41.5 Å². The molecular weight excluding hydrogens is 272 g/mol. The van der Waals surface area contributed by atoms with Crippen molar-refractivity contribution in [2.24, 2.45) is 4.99 Å². The van der Waals surface area contributed by atoms with E-state index in [1.807, 2.05) is 55.6 Å². The fourth-order valence-corrected chi connectivity index (χ4v) is 2.78. The Bertz CT molecular complexity index is 619. The van der Waals surface area contributed by atoms with Crippen LogP contribution in [0.25, 0.3) is 0 Å². The molecular formula is C16H15ClN2O. The van der Waals surface area contributed by atoms with Gasteiger partial charge in [-0.25, -0.2) is 0 Å². The van der Waals surface area contributed by atoms with Gasteiger partial charge in [-0.2, -0.15) is 0 Å². The van der Waals surface area contributed by atoms with E-state index in [9.17, 15) is 4.79 Å². The molecule has 1 amide bonds. The Kier molecular flexibility index (Phi) is 3.45. The van der Waals surface area contributed by atoms with E-state index in [1.54, 1.807) is 4.90 Å². The van der Waals surface area contributed by atoms with Gasteiger partial charge in [-0.3, -0.25) is 9.79 Å². The maximum Gasteiger partial charge on any atom is 0.244 e. The molecule has 20 heavy (non-hydrogen) atoms. The highest BCUT2D eigenvalue weighted by Crippen LogP contribution is 2.26. The molecule has 2 aliphatic rings. The zero-order valence-electron chi connectivity index (χ0n) is 11.2. The number of benzene rings is 1. The van der Waals surface area contributed by atoms with E-state index in [4.69, 9.17) is 11.6 Å². The summed E-state index contributed by atoms with van der Waals surface area (Å²) in [4.78, 5) is 18.3. The number of hydrogen-bond donors (Lipinski definition) is 0. The summed E-state index contributed by atoms with van der Waals surface area (Å²) in [6.45, 7) is 0.176. The molecule has 1 aromatic rings. The van der Waals surface area contributed by atoms with Crippen LogP contribution in [-0.2, 0) is 4.79 Å². The van der Waals surface area contributed by atoms with Crippen molar-refractivity contribution in [1.82, 2.24) is 4.90 Å². The molecule has 1 aromatic carbocycles. The molecule has 0 saturated heterocycles. The molecule has 1 heterocycles. The SMILES string of the molecule is CN1C(=O)CN=C(c2ccccc2)C2=CC(Cl)C=CC21. The molecule has 4 heteroatoms. The number of halogens is 1. The lowest BCUT2D eigenvalue weighted by molar-refractivity contribution is -0.128. The number of amides is 1. The monoisotopic (exact) mass is 286 g/mol. The van der Waals surface area contributed by atoms with Crippen molar-refractivity contribution in [3.05, 3.63) is 59.7 Å². The minimum Gasteiger partial charge on any atom is -0.334 e. The standard InChI is InChI=1S/C16H15ClN2O/c1-19-14-8-7-12(17)9-13(14)16(18-10-15(19)20)11-5-3-2-4-6-11/h2-9,12,14H,10H2,1H3. The Labute approximate surface area is 123 Å². The molecule has 1 aliphatic heterocycles. The van der Waals surface area contributed by atoms with Crippen molar-refractivity contribution in [2.75, 3.05) is 13.6 Å². The highest BCUT2D eigenvalue weighted by atomic mass is 35.5. The van der Waals surface area contributed by atoms with Gasteiger partial charge >= 0.3 is 0 Å². The highest BCUT2D eigenvalue weighted by molar-refractivity contribution is 6.24. The van der Waals surface area contributed by atoms with E-state index >= 15 is 0 Å². The van der Waals surface area contributed by atoms with Gasteiger partial charge in [-0.1, -0.05) is 48.6 Å². The van der Waals surface area contributed by atoms with Gasteiger partial charge in [0.25, 0.3) is 0 Å². The molecule has 0 aromatic heterocycles. The third kappa shape index (κ3) is 2.29. The summed E-state index contributed by atoms with van der Waals surface area (Å²) in [6, 6.07) is 9.84. The quantitative estimate of drug-likeness (QED) is 0.576. The molecule has 0 saturated carbocycles. The number of hydrogen-bond acceptors (Lipinski definition) is 2. The normalized spacial score (nSPS) is 25.7. The summed E-state index contributed by atoms with van der Waals surface area (Å²) < 4.78 is 0. The number of nitrogens with zero attached hydrogens (tertiary/aromatic N) is 2. The molecule has 0 spiro atoms. The smallest absolute Gasteiger partial charge is 0.244 e. The third-order valence-corrected chi connectivity index (χ3v) is 3.91. The van der Waals surface area contributed by atoms with E-state index in [1.165, 1.54) is 0 Å². The summed E-state index contributed by atoms with van der Waals surface area (Å²) >= 11 is 6.21. The second-order valence-corrected chi connectivity index (χ2v) is 5.44. The Morgan fingerprint density at radius 2 is 2.00 bits per heavy atom. The van der Waals surface area contributed by atoms with Gasteiger partial charge in [0.1, 0.15) is 6.54 Å². The zero-order chi connectivity index (χ0) is 14.1. The van der Waals surface area contributed by atoms with Gasteiger partial charge in [-0.15, -0.1) is 11.6 Å². The van der Waals surface area contributed by atoms with E-state index < -0.39 is 0 Å². The molecule has 2 atom stereocenters. The molecule has 0 N–H and O–H groups in total. The topological polar surface area (TPSA) is 32.7 Å². The van der Waals surface area contributed by atoms with Gasteiger partial charge in [0.15, 0.2) is 0 Å². The van der Waals surface area contributed by atoms with Gasteiger partial charge < -0.3 is 4.90 Å². The maximum atomic E-state index is 12.1. The van der Waals surface area contributed by atoms with Crippen LogP contribution in [0, 0.1) is 0 Å². The van der Waals surface area contributed by atoms with Crippen molar-refractivity contribution >= 4 is 23.2 Å². The number of fused-ring (bicyclic) bond motifs is 1. The predicted molar refractivity (Wildman–Crippen MR) is 81.3 cm³/mol. The van der Waals surface area contributed by atoms with Crippen LogP contribution < -0.4 is 0 Å². The molecule has 0 fully saturated rings. The van der Waals surface area contributed by atoms with E-state index in [0.29, 0.717) is 0 Å². The van der Waals surface area contributed by atoms with Crippen LogP contribution in [0.15, 0.2) is 59.1 Å². The first kappa shape index (κ1) is 13.1. The minimum atomic E-state index is -0.156. The van der Waals surface area contributed by atoms with Crippen molar-refractivity contribution in [1.29, 1.82) is 0 Å². The maximum absolute atomic E-state index is 12.1. The second kappa shape index (κ2) is 5.25. The van der Waals surface area contributed by atoms with E-state index in [2.05, 4.69) is 4.99 Å². The van der Waals surface area contributed by atoms with E-state index in [-0.39, 0.29) is 23.9 Å². The van der Waals surface area contributed by atoms with Crippen molar-refractivity contribution in [3.8, 4) is 0 Å². The van der Waals surface area contributed by atoms with Crippen molar-refractivity contribution in [2.45, 2.75) is 11.4 Å². The minimum absolute atomic E-state index is 0.0181. The lowest BCUT2D eigenvalue weighted by Gasteiger charge is -2.28. The summed E-state index contributed by atoms with van der Waals surface area (Å²) in [5, 5.41) is -0.156. The van der Waals surface area contributed by atoms with Crippen LogP contribution in [0.2, 0.25) is 0 Å². The Morgan fingerprint density at radius 3 is 2.75 bits per heavy atom. The number of aliphatic imine (C=N–C) groups is 1. The van der Waals surface area contributed by atoms with Crippen molar-refractivity contribution < 1.29 is 4.79 Å². The van der Waals surface area contributed by atoms with Gasteiger partial charge in [0, 0.05) is 18.2 Å². The summed E-state index contributed by atoms with van der Waals surface area (Å²) in [6.07, 6.45) is 5.87. The number of alkyl halides is 1. The highest BCUT2D eigenvalue weighted by Gasteiger charge is 2.30. The van der Waals surface area contributed by atoms with Crippen LogP contribution in [0.1, 0.15) is 5.56 Å². The van der Waals surface area contributed by atoms with Crippen LogP contribution >= 0.6 is 11.6 Å². The van der Waals surface area contributed by atoms with Gasteiger partial charge in [0.05, 0.1) is 17.1 Å². The Hall–Kier alpha value is -1.87. The third-order valence-electron chi connectivity index (χ3n) is 3.64. The Balaban J connectivity index is 2.10. The lowest BCUT2D eigenvalue weighted by Crippen LogP contribution is -2.39. The summed E-state index contributed by atoms with van der Waals surface area (Å²) in [5.74, 6) is 0.0181. The van der Waals surface area contributed by atoms with Gasteiger partial charge in [0.2, 0.25) is 5.91 Å². The van der Waals surface area contributed by atoms with Crippen LogP contribution in [0.4, 0.5) is 0 Å². The summed E-state index contributed by atoms with van der Waals surface area (Å²) in [7, 11) is 1.81. The first-order chi connectivity index (χ1) is 9.66. The molecule has 0 radical (unpaired) electrons. The largest absolute Gasteiger partial charge is 0.334 e. The predicted octanol–water partition coefficient (Wildman–Crippen LogP) is 2.42. The lowest BCUT2D eigenvalue weighted by atomic mass is 9.91. The van der Waals surface area contributed by atoms with Crippen molar-refractivity contribution in [3.63, 3.8) is 0 Å². The number of allylic oxidation sites excluding steroid dienone is 2. The fraction of sp³-hybridized carbons (Fsp3) is 0.250. The molecule has 3 nitrogen and oxygen atoms in total. The Morgan fingerprint density at radius 1 is 1.25 bits per heavy atom. The molecule has 1 aliphatic carbocycles. The number of carbonyl (C=O) groups is 1. The van der Waals surface area contributed by atoms with Gasteiger partial charge in [-0.05, 0) is 0 Å². The average molecular weight is 287 g/mol. The fourth-order valence-electron chi connectivity index (χ4n) is 2.56. The average Bonchev–Trinajstić information content (AvgIpc) is 2.58. The number of likely N-dealkylation sites (N-methyl/N-ethyl adjacent to an activating group) is 1. The second-order valence-electron chi connectivity index (χ2n) is 4.93. The number of carbonyl (C=O) groups excluding carboxylic acids is 1. The summed E-state index contributed by atoms with van der Waals surface area (Å²) in [5.41, 5.74) is 2.89. The first-order valence-corrected chi connectivity index (χ1v) is 7.00. The van der Waals surface area contributed by atoms with Crippen LogP contribution in [0.5, 0.6) is 0 Å². The first-order valence-electron chi connectivity index (χ1n) is 6.57.